The van der Waals surface area contributed by atoms with Crippen molar-refractivity contribution in [1.29, 1.82) is 0 Å². The van der Waals surface area contributed by atoms with Gasteiger partial charge in [-0.1, -0.05) is 26.2 Å². The van der Waals surface area contributed by atoms with Crippen LogP contribution in [0.1, 0.15) is 89.1 Å². The molecule has 194 valence electrons. The van der Waals surface area contributed by atoms with Crippen LogP contribution in [0.3, 0.4) is 0 Å². The average molecular weight is 488 g/mol. The molecule has 0 unspecified atom stereocenters. The Balaban J connectivity index is 1.96. The summed E-state index contributed by atoms with van der Waals surface area (Å²) in [7, 11) is 0. The Morgan fingerprint density at radius 2 is 1.94 bits per heavy atom. The van der Waals surface area contributed by atoms with Gasteiger partial charge >= 0.3 is 6.09 Å². The molecule has 1 aromatic carbocycles. The molecule has 1 atom stereocenters. The molecule has 8 nitrogen and oxygen atoms in total. The third-order valence-corrected chi connectivity index (χ3v) is 7.04. The first kappa shape index (κ1) is 26.8. The van der Waals surface area contributed by atoms with Crippen LogP contribution in [0.15, 0.2) is 12.1 Å². The summed E-state index contributed by atoms with van der Waals surface area (Å²) < 4.78 is 6.08. The van der Waals surface area contributed by atoms with Crippen molar-refractivity contribution in [3.63, 3.8) is 0 Å². The lowest BCUT2D eigenvalue weighted by Crippen LogP contribution is -2.54. The first-order valence-electron chi connectivity index (χ1n) is 12.9. The van der Waals surface area contributed by atoms with Crippen LogP contribution in [-0.2, 0) is 4.79 Å². The van der Waals surface area contributed by atoms with Gasteiger partial charge in [0.05, 0.1) is 11.7 Å². The number of ether oxygens (including phenoxy) is 1. The lowest BCUT2D eigenvalue weighted by atomic mass is 9.97. The maximum Gasteiger partial charge on any atom is 0.407 e. The van der Waals surface area contributed by atoms with Gasteiger partial charge in [-0.25, -0.2) is 4.79 Å². The summed E-state index contributed by atoms with van der Waals surface area (Å²) in [4.78, 5) is 43.7. The Morgan fingerprint density at radius 1 is 1.23 bits per heavy atom. The number of benzene rings is 1. The SMILES string of the molecule is CCCCCCN1C(=O)C(C)(C)Oc2cc(C)c(C(=O)N(C(C)C)[C@@H]3CCCN(C(=O)O)C3)cc21. The Bertz CT molecular complexity index is 958. The van der Waals surface area contributed by atoms with Gasteiger partial charge in [0.2, 0.25) is 0 Å². The molecule has 1 N–H and O–H groups in total. The van der Waals surface area contributed by atoms with Crippen LogP contribution >= 0.6 is 0 Å². The van der Waals surface area contributed by atoms with E-state index >= 15 is 0 Å². The average Bonchev–Trinajstić information content (AvgIpc) is 2.78. The second-order valence-corrected chi connectivity index (χ2v) is 10.6. The predicted molar refractivity (Wildman–Crippen MR) is 136 cm³/mol. The van der Waals surface area contributed by atoms with E-state index in [2.05, 4.69) is 6.92 Å². The van der Waals surface area contributed by atoms with Crippen LogP contribution in [-0.4, -0.2) is 70.1 Å². The molecule has 2 aliphatic rings. The van der Waals surface area contributed by atoms with Crippen LogP contribution in [0, 0.1) is 6.92 Å². The van der Waals surface area contributed by atoms with E-state index in [0.29, 0.717) is 36.6 Å². The maximum absolute atomic E-state index is 13.9. The van der Waals surface area contributed by atoms with E-state index in [4.69, 9.17) is 4.74 Å². The van der Waals surface area contributed by atoms with Gasteiger partial charge in [-0.05, 0) is 71.6 Å². The second kappa shape index (κ2) is 10.9. The zero-order valence-electron chi connectivity index (χ0n) is 22.1. The molecule has 2 aliphatic heterocycles. The third-order valence-electron chi connectivity index (χ3n) is 7.04. The molecule has 0 saturated carbocycles. The standard InChI is InChI=1S/C27H41N3O5/c1-7-8-9-10-14-29-22-16-21(19(4)15-23(22)35-27(5,6)25(29)32)24(31)30(18(2)3)20-12-11-13-28(17-20)26(33)34/h15-16,18,20H,7-14,17H2,1-6H3,(H,33,34)/t20-/m1/s1. The Labute approximate surface area is 209 Å². The number of nitrogens with zero attached hydrogens (tertiary/aromatic N) is 3. The molecule has 0 radical (unpaired) electrons. The fourth-order valence-corrected chi connectivity index (χ4v) is 5.18. The summed E-state index contributed by atoms with van der Waals surface area (Å²) >= 11 is 0. The molecule has 1 saturated heterocycles. The second-order valence-electron chi connectivity index (χ2n) is 10.6. The number of fused-ring (bicyclic) bond motifs is 1. The molecule has 0 aromatic heterocycles. The molecular formula is C27H41N3O5. The number of unbranched alkanes of at least 4 members (excludes halogenated alkanes) is 3. The van der Waals surface area contributed by atoms with Crippen molar-refractivity contribution >= 4 is 23.6 Å². The summed E-state index contributed by atoms with van der Waals surface area (Å²) in [5.74, 6) is 0.375. The monoisotopic (exact) mass is 487 g/mol. The van der Waals surface area contributed by atoms with Crippen LogP contribution in [0.5, 0.6) is 5.75 Å². The largest absolute Gasteiger partial charge is 0.476 e. The maximum atomic E-state index is 13.9. The number of carboxylic acid groups (broad SMARTS) is 1. The summed E-state index contributed by atoms with van der Waals surface area (Å²) in [6.45, 7) is 12.9. The highest BCUT2D eigenvalue weighted by molar-refractivity contribution is 6.05. The van der Waals surface area contributed by atoms with Gasteiger partial charge in [-0.3, -0.25) is 9.59 Å². The Morgan fingerprint density at radius 3 is 2.57 bits per heavy atom. The molecule has 3 rings (SSSR count). The van der Waals surface area contributed by atoms with E-state index in [1.165, 1.54) is 4.90 Å². The Kier molecular flexibility index (Phi) is 8.34. The lowest BCUT2D eigenvalue weighted by molar-refractivity contribution is -0.132. The number of likely N-dealkylation sites (tertiary alicyclic amines) is 1. The van der Waals surface area contributed by atoms with Crippen molar-refractivity contribution in [2.24, 2.45) is 0 Å². The molecule has 3 amide bonds. The highest BCUT2D eigenvalue weighted by atomic mass is 16.5. The number of rotatable bonds is 8. The van der Waals surface area contributed by atoms with Crippen LogP contribution in [0.2, 0.25) is 0 Å². The first-order chi connectivity index (χ1) is 16.5. The van der Waals surface area contributed by atoms with Crippen molar-refractivity contribution in [2.75, 3.05) is 24.5 Å². The minimum Gasteiger partial charge on any atom is -0.476 e. The summed E-state index contributed by atoms with van der Waals surface area (Å²) in [5.41, 5.74) is 0.974. The van der Waals surface area contributed by atoms with Gasteiger partial charge in [0, 0.05) is 31.2 Å². The number of amides is 3. The zero-order valence-corrected chi connectivity index (χ0v) is 22.1. The molecule has 0 aliphatic carbocycles. The molecule has 0 bridgehead atoms. The van der Waals surface area contributed by atoms with E-state index in [0.717, 1.165) is 44.1 Å². The highest BCUT2D eigenvalue weighted by Gasteiger charge is 2.42. The van der Waals surface area contributed by atoms with Gasteiger partial charge in [0.25, 0.3) is 11.8 Å². The van der Waals surface area contributed by atoms with Crippen LogP contribution < -0.4 is 9.64 Å². The number of carbonyl (C=O) groups excluding carboxylic acids is 2. The van der Waals surface area contributed by atoms with Crippen molar-refractivity contribution in [1.82, 2.24) is 9.80 Å². The van der Waals surface area contributed by atoms with E-state index in [1.54, 1.807) is 24.8 Å². The van der Waals surface area contributed by atoms with Gasteiger partial charge in [0.1, 0.15) is 5.75 Å². The topological polar surface area (TPSA) is 90.4 Å². The van der Waals surface area contributed by atoms with Crippen molar-refractivity contribution in [3.05, 3.63) is 23.3 Å². The van der Waals surface area contributed by atoms with E-state index in [-0.39, 0.29) is 23.9 Å². The molecule has 2 heterocycles. The fourth-order valence-electron chi connectivity index (χ4n) is 5.18. The van der Waals surface area contributed by atoms with Gasteiger partial charge in [-0.15, -0.1) is 0 Å². The summed E-state index contributed by atoms with van der Waals surface area (Å²) in [5, 5.41) is 9.48. The fraction of sp³-hybridized carbons (Fsp3) is 0.667. The number of hydrogen-bond acceptors (Lipinski definition) is 4. The highest BCUT2D eigenvalue weighted by Crippen LogP contribution is 2.40. The van der Waals surface area contributed by atoms with E-state index in [9.17, 15) is 19.5 Å². The molecule has 0 spiro atoms. The van der Waals surface area contributed by atoms with Crippen molar-refractivity contribution < 1.29 is 24.2 Å². The van der Waals surface area contributed by atoms with E-state index < -0.39 is 11.7 Å². The molecule has 1 fully saturated rings. The smallest absolute Gasteiger partial charge is 0.407 e. The predicted octanol–water partition coefficient (Wildman–Crippen LogP) is 5.07. The van der Waals surface area contributed by atoms with Crippen LogP contribution in [0.25, 0.3) is 0 Å². The summed E-state index contributed by atoms with van der Waals surface area (Å²) in [6.07, 6.45) is 4.69. The minimum atomic E-state index is -0.970. The number of piperidine rings is 1. The molecular weight excluding hydrogens is 446 g/mol. The lowest BCUT2D eigenvalue weighted by Gasteiger charge is -2.41. The Hall–Kier alpha value is -2.77. The van der Waals surface area contributed by atoms with Gasteiger partial charge in [-0.2, -0.15) is 0 Å². The third kappa shape index (κ3) is 5.73. The van der Waals surface area contributed by atoms with Crippen molar-refractivity contribution in [3.8, 4) is 5.75 Å². The molecule has 35 heavy (non-hydrogen) atoms. The molecule has 1 aromatic rings. The van der Waals surface area contributed by atoms with Crippen molar-refractivity contribution in [2.45, 2.75) is 97.8 Å². The normalized spacial score (nSPS) is 19.4. The van der Waals surface area contributed by atoms with Crippen LogP contribution in [0.4, 0.5) is 10.5 Å². The first-order valence-corrected chi connectivity index (χ1v) is 12.9. The number of carbonyl (C=O) groups is 3. The van der Waals surface area contributed by atoms with Gasteiger partial charge in [0.15, 0.2) is 5.60 Å². The molecule has 8 heteroatoms. The summed E-state index contributed by atoms with van der Waals surface area (Å²) in [6, 6.07) is 3.37. The minimum absolute atomic E-state index is 0.0985. The number of aryl methyl sites for hydroxylation is 1. The van der Waals surface area contributed by atoms with E-state index in [1.807, 2.05) is 31.7 Å². The zero-order chi connectivity index (χ0) is 25.9. The number of hydrogen-bond donors (Lipinski definition) is 1. The quantitative estimate of drug-likeness (QED) is 0.517. The number of anilines is 1. The van der Waals surface area contributed by atoms with Gasteiger partial charge < -0.3 is 24.5 Å².